The maximum atomic E-state index is 12.2. The molecule has 1 aromatic heterocycles. The van der Waals surface area contributed by atoms with E-state index in [1.54, 1.807) is 39.1 Å². The van der Waals surface area contributed by atoms with Gasteiger partial charge in [-0.2, -0.15) is 0 Å². The molecule has 1 heterocycles. The molecule has 0 N–H and O–H groups in total. The molecule has 0 atom stereocenters. The van der Waals surface area contributed by atoms with Crippen molar-refractivity contribution in [3.8, 4) is 11.3 Å². The first-order valence-corrected chi connectivity index (χ1v) is 7.02. The van der Waals surface area contributed by atoms with Crippen LogP contribution in [0.4, 0.5) is 10.5 Å². The molecule has 0 saturated heterocycles. The summed E-state index contributed by atoms with van der Waals surface area (Å²) in [5.74, 6) is 0. The monoisotopic (exact) mass is 320 g/mol. The number of ether oxygens (including phenoxy) is 1. The van der Waals surface area contributed by atoms with Crippen molar-refractivity contribution in [2.24, 2.45) is 0 Å². The number of carbonyl (C=O) groups excluding carboxylic acids is 1. The van der Waals surface area contributed by atoms with Gasteiger partial charge < -0.3 is 4.74 Å². The number of hydrogen-bond donors (Lipinski definition) is 1. The summed E-state index contributed by atoms with van der Waals surface area (Å²) in [5, 5.41) is 10.9. The topological polar surface area (TPSA) is 74.4 Å². The molecule has 0 saturated carbocycles. The van der Waals surface area contributed by atoms with Crippen molar-refractivity contribution < 1.29 is 14.5 Å². The van der Waals surface area contributed by atoms with Crippen LogP contribution in [0.15, 0.2) is 41.4 Å². The molecule has 0 bridgehead atoms. The fraction of sp³-hybridized carbons (Fsp3) is 0.267. The smallest absolute Gasteiger partial charge is 0.418 e. The Morgan fingerprint density at radius 1 is 1.32 bits per heavy atom. The van der Waals surface area contributed by atoms with Crippen LogP contribution in [0.5, 0.6) is 0 Å². The maximum Gasteiger partial charge on any atom is 0.418 e. The lowest BCUT2D eigenvalue weighted by Crippen LogP contribution is -2.27. The second-order valence-electron chi connectivity index (χ2n) is 5.70. The second kappa shape index (κ2) is 5.84. The summed E-state index contributed by atoms with van der Waals surface area (Å²) < 4.78 is 6.64. The molecule has 0 unspecified atom stereocenters. The number of rotatable bonds is 2. The first kappa shape index (κ1) is 16.1. The Balaban J connectivity index is 2.47. The van der Waals surface area contributed by atoms with E-state index in [2.05, 4.69) is 12.6 Å². The zero-order chi connectivity index (χ0) is 16.5. The molecule has 0 aliphatic heterocycles. The van der Waals surface area contributed by atoms with Crippen LogP contribution in [0.3, 0.4) is 0 Å². The van der Waals surface area contributed by atoms with Crippen LogP contribution in [0, 0.1) is 10.1 Å². The third-order valence-corrected chi connectivity index (χ3v) is 3.20. The van der Waals surface area contributed by atoms with Crippen molar-refractivity contribution >= 4 is 24.4 Å². The number of nitro benzene ring substituents is 1. The lowest BCUT2D eigenvalue weighted by molar-refractivity contribution is -0.384. The van der Waals surface area contributed by atoms with Gasteiger partial charge in [-0.1, -0.05) is 0 Å². The highest BCUT2D eigenvalue weighted by atomic mass is 32.1. The van der Waals surface area contributed by atoms with Crippen LogP contribution in [-0.2, 0) is 4.74 Å². The van der Waals surface area contributed by atoms with Gasteiger partial charge in [-0.05, 0) is 39.0 Å². The van der Waals surface area contributed by atoms with Crippen molar-refractivity contribution in [3.05, 3.63) is 46.6 Å². The fourth-order valence-corrected chi connectivity index (χ4v) is 2.17. The van der Waals surface area contributed by atoms with Gasteiger partial charge in [-0.15, -0.1) is 12.6 Å². The molecule has 2 rings (SSSR count). The van der Waals surface area contributed by atoms with Gasteiger partial charge in [0.2, 0.25) is 0 Å². The van der Waals surface area contributed by atoms with Crippen LogP contribution in [0.25, 0.3) is 11.3 Å². The maximum absolute atomic E-state index is 12.2. The van der Waals surface area contributed by atoms with Crippen LogP contribution in [-0.4, -0.2) is 21.2 Å². The third-order valence-electron chi connectivity index (χ3n) is 2.81. The predicted octanol–water partition coefficient (Wildman–Crippen LogP) is 4.14. The molecule has 0 spiro atoms. The van der Waals surface area contributed by atoms with Crippen molar-refractivity contribution in [2.45, 2.75) is 31.3 Å². The highest BCUT2D eigenvalue weighted by Gasteiger charge is 2.21. The molecule has 0 amide bonds. The Labute approximate surface area is 133 Å². The minimum atomic E-state index is -0.634. The Kier molecular flexibility index (Phi) is 4.27. The van der Waals surface area contributed by atoms with E-state index in [1.165, 1.54) is 22.8 Å². The summed E-state index contributed by atoms with van der Waals surface area (Å²) in [6, 6.07) is 7.64. The lowest BCUT2D eigenvalue weighted by atomic mass is 10.1. The van der Waals surface area contributed by atoms with E-state index in [0.717, 1.165) is 0 Å². The Hall–Kier alpha value is -2.28. The number of benzene rings is 1. The van der Waals surface area contributed by atoms with Gasteiger partial charge in [-0.25, -0.2) is 4.79 Å². The Morgan fingerprint density at radius 3 is 2.59 bits per heavy atom. The van der Waals surface area contributed by atoms with E-state index in [9.17, 15) is 14.9 Å². The first-order valence-electron chi connectivity index (χ1n) is 6.57. The average molecular weight is 320 g/mol. The van der Waals surface area contributed by atoms with E-state index < -0.39 is 16.6 Å². The predicted molar refractivity (Wildman–Crippen MR) is 85.4 cm³/mol. The van der Waals surface area contributed by atoms with Gasteiger partial charge in [0.25, 0.3) is 5.69 Å². The number of nitro groups is 1. The minimum Gasteiger partial charge on any atom is -0.443 e. The standard InChI is InChI=1S/C15H16N2O4S/c1-15(2,3)21-14(18)16-8-4-5-12(16)11-9-10(17(19)20)6-7-13(11)22/h4-9,22H,1-3H3. The van der Waals surface area contributed by atoms with E-state index in [0.29, 0.717) is 16.2 Å². The summed E-state index contributed by atoms with van der Waals surface area (Å²) in [6.45, 7) is 5.31. The van der Waals surface area contributed by atoms with Gasteiger partial charge in [0.1, 0.15) is 5.60 Å². The van der Waals surface area contributed by atoms with Crippen LogP contribution >= 0.6 is 12.6 Å². The number of nitrogens with zero attached hydrogens (tertiary/aromatic N) is 2. The largest absolute Gasteiger partial charge is 0.443 e. The second-order valence-corrected chi connectivity index (χ2v) is 6.18. The quantitative estimate of drug-likeness (QED) is 0.513. The fourth-order valence-electron chi connectivity index (χ4n) is 1.91. The zero-order valence-electron chi connectivity index (χ0n) is 12.4. The van der Waals surface area contributed by atoms with Crippen molar-refractivity contribution in [2.75, 3.05) is 0 Å². The number of non-ortho nitro benzene ring substituents is 1. The molecule has 0 radical (unpaired) electrons. The third kappa shape index (κ3) is 3.48. The zero-order valence-corrected chi connectivity index (χ0v) is 13.3. The van der Waals surface area contributed by atoms with Gasteiger partial charge >= 0.3 is 6.09 Å². The minimum absolute atomic E-state index is 0.0651. The molecule has 0 aliphatic carbocycles. The number of hydrogen-bond acceptors (Lipinski definition) is 5. The van der Waals surface area contributed by atoms with E-state index in [4.69, 9.17) is 4.74 Å². The summed E-state index contributed by atoms with van der Waals surface area (Å²) in [4.78, 5) is 23.2. The molecule has 1 aromatic carbocycles. The average Bonchev–Trinajstić information content (AvgIpc) is 2.86. The molecule has 7 heteroatoms. The summed E-state index contributed by atoms with van der Waals surface area (Å²) in [7, 11) is 0. The van der Waals surface area contributed by atoms with E-state index in [-0.39, 0.29) is 5.69 Å². The van der Waals surface area contributed by atoms with Crippen molar-refractivity contribution in [1.82, 2.24) is 4.57 Å². The Bertz CT molecular complexity index is 731. The van der Waals surface area contributed by atoms with Gasteiger partial charge in [0, 0.05) is 28.8 Å². The molecular weight excluding hydrogens is 304 g/mol. The summed E-state index contributed by atoms with van der Waals surface area (Å²) in [5.41, 5.74) is 0.284. The van der Waals surface area contributed by atoms with Crippen LogP contribution < -0.4 is 0 Å². The van der Waals surface area contributed by atoms with Crippen molar-refractivity contribution in [3.63, 3.8) is 0 Å². The molecule has 116 valence electrons. The summed E-state index contributed by atoms with van der Waals surface area (Å²) in [6.07, 6.45) is 1.00. The molecule has 2 aromatic rings. The van der Waals surface area contributed by atoms with Crippen LogP contribution in [0.1, 0.15) is 20.8 Å². The van der Waals surface area contributed by atoms with Crippen LogP contribution in [0.2, 0.25) is 0 Å². The van der Waals surface area contributed by atoms with E-state index >= 15 is 0 Å². The van der Waals surface area contributed by atoms with Gasteiger partial charge in [0.15, 0.2) is 0 Å². The Morgan fingerprint density at radius 2 is 2.00 bits per heavy atom. The summed E-state index contributed by atoms with van der Waals surface area (Å²) >= 11 is 4.31. The molecule has 0 fully saturated rings. The van der Waals surface area contributed by atoms with Gasteiger partial charge in [-0.3, -0.25) is 14.7 Å². The number of carbonyl (C=O) groups is 1. The van der Waals surface area contributed by atoms with Crippen molar-refractivity contribution in [1.29, 1.82) is 0 Å². The molecular formula is C15H16N2O4S. The molecule has 6 nitrogen and oxygen atoms in total. The molecule has 22 heavy (non-hydrogen) atoms. The molecule has 0 aliphatic rings. The number of thiol groups is 1. The van der Waals surface area contributed by atoms with Gasteiger partial charge in [0.05, 0.1) is 10.6 Å². The highest BCUT2D eigenvalue weighted by molar-refractivity contribution is 7.80. The number of aromatic nitrogens is 1. The van der Waals surface area contributed by atoms with E-state index in [1.807, 2.05) is 0 Å². The SMILES string of the molecule is CC(C)(C)OC(=O)n1cccc1-c1cc([N+](=O)[O-])ccc1S. The normalized spacial score (nSPS) is 11.3. The first-order chi connectivity index (χ1) is 10.2. The lowest BCUT2D eigenvalue weighted by Gasteiger charge is -2.20. The highest BCUT2D eigenvalue weighted by Crippen LogP contribution is 2.31.